The summed E-state index contributed by atoms with van der Waals surface area (Å²) in [5.41, 5.74) is 2.78. The number of allylic oxidation sites excluding steroid dienone is 1. The second kappa shape index (κ2) is 13.6. The van der Waals surface area contributed by atoms with Crippen LogP contribution in [0.5, 0.6) is 0 Å². The number of benzene rings is 2. The molecule has 3 N–H and O–H groups in total. The third-order valence-electron chi connectivity index (χ3n) is 9.34. The minimum atomic E-state index is -5.11. The van der Waals surface area contributed by atoms with Gasteiger partial charge in [0.15, 0.2) is 11.5 Å². The molecule has 0 spiro atoms. The number of anilines is 1. The Morgan fingerprint density at radius 3 is 2.38 bits per heavy atom. The first-order chi connectivity index (χ1) is 26.1. The van der Waals surface area contributed by atoms with Crippen LogP contribution in [0.25, 0.3) is 22.0 Å². The average molecular weight is 810 g/mol. The number of pyridine rings is 1. The number of fused-ring (bicyclic) bond motifs is 4. The quantitative estimate of drug-likeness (QED) is 0.121. The maximum Gasteiger partial charge on any atom is 0.435 e. The van der Waals surface area contributed by atoms with E-state index < -0.39 is 90.2 Å². The van der Waals surface area contributed by atoms with Crippen LogP contribution >= 0.6 is 11.6 Å². The molecule has 0 saturated heterocycles. The largest absolute Gasteiger partial charge is 0.435 e. The van der Waals surface area contributed by atoms with Crippen LogP contribution in [0.15, 0.2) is 54.6 Å². The summed E-state index contributed by atoms with van der Waals surface area (Å²) in [6.07, 6.45) is -10.6. The molecule has 3 heterocycles. The van der Waals surface area contributed by atoms with Gasteiger partial charge < -0.3 is 11.1 Å². The number of carbonyl (C=O) groups is 1. The van der Waals surface area contributed by atoms with E-state index in [-0.39, 0.29) is 56.2 Å². The highest BCUT2D eigenvalue weighted by atomic mass is 35.5. The number of carbonyl (C=O) groups excluding carboxylic acids is 1. The molecule has 0 aliphatic heterocycles. The van der Waals surface area contributed by atoms with E-state index in [4.69, 9.17) is 17.3 Å². The van der Waals surface area contributed by atoms with E-state index in [2.05, 4.69) is 38.9 Å². The molecule has 0 bridgehead atoms. The molecule has 2 aliphatic rings. The van der Waals surface area contributed by atoms with E-state index in [1.54, 1.807) is 6.92 Å². The molecular formula is C37H26ClF10N7O. The fraction of sp³-hybridized carbons (Fsp3) is 0.297. The molecule has 8 nitrogen and oxygen atoms in total. The van der Waals surface area contributed by atoms with E-state index in [0.717, 1.165) is 12.1 Å². The summed E-state index contributed by atoms with van der Waals surface area (Å²) < 4.78 is 144. The van der Waals surface area contributed by atoms with Crippen LogP contribution < -0.4 is 11.1 Å². The minimum absolute atomic E-state index is 0.00279. The first-order valence-corrected chi connectivity index (χ1v) is 17.0. The summed E-state index contributed by atoms with van der Waals surface area (Å²) in [5.74, 6) is -4.28. The number of nitrogens with zero attached hydrogens (tertiary/aromatic N) is 5. The Labute approximate surface area is 315 Å². The number of alkyl halides is 8. The molecule has 1 fully saturated rings. The maximum atomic E-state index is 15.3. The average Bonchev–Trinajstić information content (AvgIpc) is 3.61. The first kappa shape index (κ1) is 38.7. The molecule has 3 aromatic heterocycles. The first-order valence-electron chi connectivity index (χ1n) is 16.6. The molecule has 7 rings (SSSR count). The van der Waals surface area contributed by atoms with E-state index >= 15 is 8.78 Å². The van der Waals surface area contributed by atoms with Crippen LogP contribution in [0.1, 0.15) is 59.2 Å². The Morgan fingerprint density at radius 2 is 1.73 bits per heavy atom. The number of nitrogens with two attached hydrogens (primary N) is 1. The lowest BCUT2D eigenvalue weighted by atomic mass is 9.93. The van der Waals surface area contributed by atoms with Crippen LogP contribution in [-0.4, -0.2) is 36.6 Å². The molecule has 5 aromatic rings. The lowest BCUT2D eigenvalue weighted by Gasteiger charge is -2.23. The van der Waals surface area contributed by atoms with Crippen LogP contribution in [0.3, 0.4) is 0 Å². The highest BCUT2D eigenvalue weighted by molar-refractivity contribution is 6.37. The fourth-order valence-electron chi connectivity index (χ4n) is 7.17. The Hall–Kier alpha value is -5.57. The Balaban J connectivity index is 1.39. The van der Waals surface area contributed by atoms with Gasteiger partial charge in [-0.2, -0.15) is 45.3 Å². The highest BCUT2D eigenvalue weighted by Gasteiger charge is 2.68. The van der Waals surface area contributed by atoms with Crippen molar-refractivity contribution in [3.8, 4) is 23.0 Å². The summed E-state index contributed by atoms with van der Waals surface area (Å²) in [5, 5.41) is 9.64. The van der Waals surface area contributed by atoms with Gasteiger partial charge in [0, 0.05) is 28.7 Å². The standard InChI is InChI=1S/C37H26ClF10N7O/c1-16(2)3-4-20-5-6-21(22-7-8-25(38)29-31(22)55(53-34(29)49)15-35(41,42)43)30(50-20)26(11-17-9-18(39)12-19(40)10-17)51-27(56)14-54-33-28(32(52-54)37(46,47)48)23-13-24(23)36(33,44)45/h5-10,12,23-24,26H,1,11,13-15H2,2H3,(H2,49,53)(H,51,56)/t23-,24+,26?/m0/s1. The van der Waals surface area contributed by atoms with Gasteiger partial charge in [-0.05, 0) is 73.1 Å². The number of hydrogen-bond acceptors (Lipinski definition) is 5. The van der Waals surface area contributed by atoms with E-state index in [1.807, 2.05) is 0 Å². The third-order valence-corrected chi connectivity index (χ3v) is 9.65. The zero-order valence-electron chi connectivity index (χ0n) is 28.7. The number of hydrogen-bond donors (Lipinski definition) is 2. The molecule has 2 aliphatic carbocycles. The normalized spacial score (nSPS) is 17.6. The lowest BCUT2D eigenvalue weighted by Crippen LogP contribution is -2.35. The summed E-state index contributed by atoms with van der Waals surface area (Å²) in [6, 6.07) is 6.37. The van der Waals surface area contributed by atoms with Gasteiger partial charge in [0.2, 0.25) is 5.91 Å². The third kappa shape index (κ3) is 7.27. The molecule has 3 atom stereocenters. The number of nitrogens with one attached hydrogen (secondary N) is 1. The zero-order chi connectivity index (χ0) is 40.6. The maximum absolute atomic E-state index is 15.3. The fourth-order valence-corrected chi connectivity index (χ4v) is 7.42. The Morgan fingerprint density at radius 1 is 1.05 bits per heavy atom. The van der Waals surface area contributed by atoms with Crippen molar-refractivity contribution in [1.29, 1.82) is 0 Å². The van der Waals surface area contributed by atoms with Gasteiger partial charge in [0.05, 0.1) is 27.7 Å². The van der Waals surface area contributed by atoms with Crippen molar-refractivity contribution in [2.45, 2.75) is 63.1 Å². The van der Waals surface area contributed by atoms with Gasteiger partial charge in [0.1, 0.15) is 36.1 Å². The molecule has 0 radical (unpaired) electrons. The summed E-state index contributed by atoms with van der Waals surface area (Å²) in [7, 11) is 0. The van der Waals surface area contributed by atoms with Crippen LogP contribution in [0.2, 0.25) is 5.02 Å². The van der Waals surface area contributed by atoms with Gasteiger partial charge in [-0.1, -0.05) is 30.2 Å². The second-order valence-corrected chi connectivity index (χ2v) is 14.0. The van der Waals surface area contributed by atoms with E-state index in [9.17, 15) is 39.9 Å². The number of aromatic nitrogens is 5. The predicted octanol–water partition coefficient (Wildman–Crippen LogP) is 8.63. The summed E-state index contributed by atoms with van der Waals surface area (Å²) >= 11 is 6.37. The molecule has 19 heteroatoms. The van der Waals surface area contributed by atoms with Gasteiger partial charge in [0.25, 0.3) is 5.92 Å². The molecule has 1 unspecified atom stereocenters. The molecule has 292 valence electrons. The van der Waals surface area contributed by atoms with Crippen LogP contribution in [0, 0.1) is 29.4 Å². The Kier molecular flexibility index (Phi) is 9.38. The van der Waals surface area contributed by atoms with Gasteiger partial charge in [-0.15, -0.1) is 0 Å². The second-order valence-electron chi connectivity index (χ2n) is 13.6. The predicted molar refractivity (Wildman–Crippen MR) is 183 cm³/mol. The van der Waals surface area contributed by atoms with Crippen LogP contribution in [-0.2, 0) is 36.4 Å². The monoisotopic (exact) mass is 809 g/mol. The van der Waals surface area contributed by atoms with E-state index in [0.29, 0.717) is 21.0 Å². The van der Waals surface area contributed by atoms with Gasteiger partial charge >= 0.3 is 12.4 Å². The van der Waals surface area contributed by atoms with E-state index in [1.165, 1.54) is 24.3 Å². The molecule has 1 saturated carbocycles. The highest BCUT2D eigenvalue weighted by Crippen LogP contribution is 2.68. The summed E-state index contributed by atoms with van der Waals surface area (Å²) in [4.78, 5) is 18.4. The zero-order valence-corrected chi connectivity index (χ0v) is 29.4. The smallest absolute Gasteiger partial charge is 0.382 e. The molecule has 2 aromatic carbocycles. The van der Waals surface area contributed by atoms with Crippen molar-refractivity contribution in [2.24, 2.45) is 5.92 Å². The molecule has 56 heavy (non-hydrogen) atoms. The van der Waals surface area contributed by atoms with Crippen molar-refractivity contribution in [1.82, 2.24) is 29.9 Å². The molecular weight excluding hydrogens is 784 g/mol. The topological polar surface area (TPSA) is 104 Å². The van der Waals surface area contributed by atoms with Crippen molar-refractivity contribution < 1.29 is 48.7 Å². The number of halogens is 11. The lowest BCUT2D eigenvalue weighted by molar-refractivity contribution is -0.142. The van der Waals surface area contributed by atoms with Crippen LogP contribution in [0.4, 0.5) is 49.7 Å². The van der Waals surface area contributed by atoms with Gasteiger partial charge in [-0.25, -0.2) is 13.8 Å². The number of nitrogen functional groups attached to an aromatic ring is 1. The number of rotatable bonds is 8. The minimum Gasteiger partial charge on any atom is -0.382 e. The van der Waals surface area contributed by atoms with Crippen molar-refractivity contribution in [3.63, 3.8) is 0 Å². The molecule has 1 amide bonds. The van der Waals surface area contributed by atoms with Crippen molar-refractivity contribution in [3.05, 3.63) is 105 Å². The SMILES string of the molecule is C=C(C)C#Cc1ccc(-c2ccc(Cl)c3c(N)nn(CC(F)(F)F)c23)c(C(Cc2cc(F)cc(F)c2)NC(=O)Cn2nc(C(F)(F)F)c3c2C(F)(F)[C@@H]2C[C@H]32)n1. The van der Waals surface area contributed by atoms with Crippen molar-refractivity contribution >= 4 is 34.2 Å². The number of amides is 1. The summed E-state index contributed by atoms with van der Waals surface area (Å²) in [6.45, 7) is 2.53. The van der Waals surface area contributed by atoms with Crippen molar-refractivity contribution in [2.75, 3.05) is 5.73 Å². The Bertz CT molecular complexity index is 2490. The van der Waals surface area contributed by atoms with Gasteiger partial charge in [-0.3, -0.25) is 14.2 Å².